The van der Waals surface area contributed by atoms with Crippen LogP contribution >= 0.6 is 0 Å². The summed E-state index contributed by atoms with van der Waals surface area (Å²) in [6, 6.07) is 19.2. The van der Waals surface area contributed by atoms with Crippen molar-refractivity contribution < 1.29 is 38.9 Å². The molecule has 3 nitrogen and oxygen atoms in total. The summed E-state index contributed by atoms with van der Waals surface area (Å²) in [4.78, 5) is 0. The molecule has 3 aromatic rings. The largest absolute Gasteiger partial charge is 0.426 e. The molecule has 0 fully saturated rings. The summed E-state index contributed by atoms with van der Waals surface area (Å²) in [5.74, 6) is -0.655. The number of benzene rings is 3. The number of hydrogen-bond donors (Lipinski definition) is 0. The van der Waals surface area contributed by atoms with Crippen LogP contribution < -0.4 is 4.18 Å². The van der Waals surface area contributed by atoms with Crippen molar-refractivity contribution in [1.29, 1.82) is 0 Å². The van der Waals surface area contributed by atoms with Crippen LogP contribution in [0.4, 0.5) is 26.3 Å². The van der Waals surface area contributed by atoms with E-state index in [1.54, 1.807) is 60.7 Å². The Morgan fingerprint density at radius 2 is 1.17 bits per heavy atom. The molecular weight excluding hydrogens is 494 g/mol. The van der Waals surface area contributed by atoms with Gasteiger partial charge in [0, 0.05) is 5.56 Å². The summed E-state index contributed by atoms with van der Waals surface area (Å²) in [5, 5.41) is -5.88. The van der Waals surface area contributed by atoms with Crippen molar-refractivity contribution in [3.05, 3.63) is 78.4 Å². The van der Waals surface area contributed by atoms with E-state index in [4.69, 9.17) is 0 Å². The molecule has 0 spiro atoms. The minimum atomic E-state index is -6.40. The average Bonchev–Trinajstić information content (AvgIpc) is 2.77. The third kappa shape index (κ3) is 5.32. The van der Waals surface area contributed by atoms with Gasteiger partial charge in [-0.15, -0.1) is 0 Å². The van der Waals surface area contributed by atoms with E-state index in [0.29, 0.717) is 22.3 Å². The number of rotatable bonds is 6. The van der Waals surface area contributed by atoms with E-state index in [2.05, 4.69) is 4.18 Å². The normalized spacial score (nSPS) is 14.0. The van der Waals surface area contributed by atoms with Crippen molar-refractivity contribution in [2.24, 2.45) is 0 Å². The van der Waals surface area contributed by atoms with E-state index in [-0.39, 0.29) is 5.56 Å². The lowest BCUT2D eigenvalue weighted by Gasteiger charge is -2.28. The predicted molar refractivity (Wildman–Crippen MR) is 121 cm³/mol. The van der Waals surface area contributed by atoms with E-state index in [1.165, 1.54) is 6.07 Å². The predicted octanol–water partition coefficient (Wildman–Crippen LogP) is 7.52. The molecule has 0 aliphatic carbocycles. The van der Waals surface area contributed by atoms with Gasteiger partial charge in [-0.25, -0.2) is 4.39 Å². The quantitative estimate of drug-likeness (QED) is 0.251. The molecule has 1 unspecified atom stereocenters. The zero-order valence-corrected chi connectivity index (χ0v) is 19.7. The van der Waals surface area contributed by atoms with Crippen LogP contribution in [0.5, 0.6) is 5.75 Å². The SMILES string of the molecule is CC(C)(C)c1ccc(OS(=O)(=O)C(F)(F)C(F)C(F)(F)F)c(-c2ccccc2)c1-c1ccccc1. The highest BCUT2D eigenvalue weighted by atomic mass is 32.2. The Morgan fingerprint density at radius 3 is 1.60 bits per heavy atom. The van der Waals surface area contributed by atoms with Gasteiger partial charge in [0.25, 0.3) is 6.17 Å². The Labute approximate surface area is 199 Å². The van der Waals surface area contributed by atoms with Crippen molar-refractivity contribution >= 4 is 10.1 Å². The topological polar surface area (TPSA) is 43.4 Å². The fourth-order valence-electron chi connectivity index (χ4n) is 3.57. The monoisotopic (exact) mass is 516 g/mol. The van der Waals surface area contributed by atoms with Crippen LogP contribution in [-0.2, 0) is 15.5 Å². The number of alkyl halides is 6. The van der Waals surface area contributed by atoms with Crippen molar-refractivity contribution in [3.8, 4) is 28.0 Å². The summed E-state index contributed by atoms with van der Waals surface area (Å²) >= 11 is 0. The molecule has 0 heterocycles. The fourth-order valence-corrected chi connectivity index (χ4v) is 4.44. The molecule has 0 amide bonds. The molecule has 0 saturated heterocycles. The first-order chi connectivity index (χ1) is 16.1. The Hall–Kier alpha value is -3.01. The molecule has 3 aromatic carbocycles. The molecule has 3 rings (SSSR count). The highest BCUT2D eigenvalue weighted by Crippen LogP contribution is 2.47. The molecule has 0 aromatic heterocycles. The smallest absolute Gasteiger partial charge is 0.377 e. The summed E-state index contributed by atoms with van der Waals surface area (Å²) in [6.45, 7) is 5.64. The van der Waals surface area contributed by atoms with Gasteiger partial charge in [-0.1, -0.05) is 87.5 Å². The zero-order chi connectivity index (χ0) is 26.2. The van der Waals surface area contributed by atoms with Crippen LogP contribution in [0, 0.1) is 0 Å². The second-order valence-electron chi connectivity index (χ2n) is 8.85. The molecule has 35 heavy (non-hydrogen) atoms. The van der Waals surface area contributed by atoms with Crippen LogP contribution in [0.25, 0.3) is 22.3 Å². The molecule has 0 N–H and O–H groups in total. The van der Waals surface area contributed by atoms with Crippen molar-refractivity contribution in [2.45, 2.75) is 43.8 Å². The minimum absolute atomic E-state index is 0.0611. The van der Waals surface area contributed by atoms with Crippen LogP contribution in [0.3, 0.4) is 0 Å². The molecule has 188 valence electrons. The van der Waals surface area contributed by atoms with Gasteiger partial charge in [0.15, 0.2) is 5.75 Å². The van der Waals surface area contributed by atoms with Crippen LogP contribution in [0.2, 0.25) is 0 Å². The molecule has 0 bridgehead atoms. The first kappa shape index (κ1) is 26.6. The second kappa shape index (κ2) is 9.22. The molecule has 0 saturated carbocycles. The highest BCUT2D eigenvalue weighted by molar-refractivity contribution is 7.88. The van der Waals surface area contributed by atoms with Gasteiger partial charge < -0.3 is 4.18 Å². The van der Waals surface area contributed by atoms with E-state index in [0.717, 1.165) is 6.07 Å². The standard InChI is InChI=1S/C25H22F6O3S/c1-23(2,3)18-14-15-19(34-35(32,33)25(30,31)22(26)24(27,28)29)21(17-12-8-5-9-13-17)20(18)16-10-6-4-7-11-16/h4-15,22H,1-3H3. The zero-order valence-electron chi connectivity index (χ0n) is 18.9. The highest BCUT2D eigenvalue weighted by Gasteiger charge is 2.66. The lowest BCUT2D eigenvalue weighted by Crippen LogP contribution is -2.48. The van der Waals surface area contributed by atoms with Crippen LogP contribution in [0.1, 0.15) is 26.3 Å². The lowest BCUT2D eigenvalue weighted by molar-refractivity contribution is -0.222. The van der Waals surface area contributed by atoms with E-state index >= 15 is 0 Å². The molecule has 10 heteroatoms. The van der Waals surface area contributed by atoms with Crippen LogP contribution in [-0.4, -0.2) is 26.0 Å². The second-order valence-corrected chi connectivity index (χ2v) is 10.5. The third-order valence-corrected chi connectivity index (χ3v) is 6.49. The lowest BCUT2D eigenvalue weighted by atomic mass is 9.78. The van der Waals surface area contributed by atoms with Crippen molar-refractivity contribution in [3.63, 3.8) is 0 Å². The van der Waals surface area contributed by atoms with Crippen LogP contribution in [0.15, 0.2) is 72.8 Å². The minimum Gasteiger partial charge on any atom is -0.377 e. The van der Waals surface area contributed by atoms with Crippen molar-refractivity contribution in [1.82, 2.24) is 0 Å². The molecule has 0 radical (unpaired) electrons. The van der Waals surface area contributed by atoms with E-state index in [9.17, 15) is 34.8 Å². The Balaban J connectivity index is 2.33. The maximum absolute atomic E-state index is 14.2. The molecule has 0 aliphatic rings. The first-order valence-electron chi connectivity index (χ1n) is 10.4. The number of hydrogen-bond acceptors (Lipinski definition) is 3. The first-order valence-corrected chi connectivity index (χ1v) is 11.8. The molecular formula is C25H22F6O3S. The van der Waals surface area contributed by atoms with Gasteiger partial charge in [-0.3, -0.25) is 0 Å². The summed E-state index contributed by atoms with van der Waals surface area (Å²) in [5.41, 5.74) is 1.62. The maximum atomic E-state index is 14.2. The summed E-state index contributed by atoms with van der Waals surface area (Å²) in [6.07, 6.45) is -11.1. The van der Waals surface area contributed by atoms with Crippen molar-refractivity contribution in [2.75, 3.05) is 0 Å². The van der Waals surface area contributed by atoms with E-state index < -0.39 is 38.9 Å². The summed E-state index contributed by atoms with van der Waals surface area (Å²) in [7, 11) is -6.40. The average molecular weight is 517 g/mol. The van der Waals surface area contributed by atoms with Gasteiger partial charge >= 0.3 is 21.5 Å². The number of halogens is 6. The third-order valence-electron chi connectivity index (χ3n) is 5.22. The Kier molecular flexibility index (Phi) is 7.00. The van der Waals surface area contributed by atoms with Gasteiger partial charge in [-0.05, 0) is 33.7 Å². The summed E-state index contributed by atoms with van der Waals surface area (Å²) < 4.78 is 109. The molecule has 1 atom stereocenters. The van der Waals surface area contributed by atoms with Gasteiger partial charge in [-0.2, -0.15) is 30.4 Å². The Bertz CT molecular complexity index is 1280. The molecule has 0 aliphatic heterocycles. The van der Waals surface area contributed by atoms with Gasteiger partial charge in [0.05, 0.1) is 0 Å². The van der Waals surface area contributed by atoms with E-state index in [1.807, 2.05) is 20.8 Å². The fraction of sp³-hybridized carbons (Fsp3) is 0.280. The maximum Gasteiger partial charge on any atom is 0.426 e. The van der Waals surface area contributed by atoms with Gasteiger partial charge in [0.1, 0.15) is 0 Å². The Morgan fingerprint density at radius 1 is 0.714 bits per heavy atom. The van der Waals surface area contributed by atoms with Gasteiger partial charge in [0.2, 0.25) is 0 Å².